The molecular weight excluding hydrogens is 671 g/mol. The van der Waals surface area contributed by atoms with Crippen LogP contribution < -0.4 is 0 Å². The van der Waals surface area contributed by atoms with Crippen LogP contribution in [-0.4, -0.2) is 88.9 Å². The number of piperazine rings is 1. The van der Waals surface area contributed by atoms with Gasteiger partial charge in [-0.3, -0.25) is 19.3 Å². The third-order valence-corrected chi connectivity index (χ3v) is 8.55. The smallest absolute Gasteiger partial charge is 0.379 e. The van der Waals surface area contributed by atoms with Crippen LogP contribution in [0.25, 0.3) is 0 Å². The fourth-order valence-corrected chi connectivity index (χ4v) is 5.89. The van der Waals surface area contributed by atoms with Crippen molar-refractivity contribution < 1.29 is 35.9 Å². The molecule has 7 nitrogen and oxygen atoms in total. The zero-order valence-corrected chi connectivity index (χ0v) is 27.7. The number of rotatable bonds is 8. The van der Waals surface area contributed by atoms with Crippen molar-refractivity contribution in [2.75, 3.05) is 52.5 Å². The van der Waals surface area contributed by atoms with E-state index in [0.717, 1.165) is 61.6 Å². The molecule has 5 rings (SSSR count). The molecule has 0 N–H and O–H groups in total. The molecule has 1 atom stereocenters. The van der Waals surface area contributed by atoms with Gasteiger partial charge in [0.1, 0.15) is 0 Å². The maximum atomic E-state index is 13.7. The van der Waals surface area contributed by atoms with Gasteiger partial charge >= 0.3 is 12.4 Å². The molecule has 0 radical (unpaired) electrons. The van der Waals surface area contributed by atoms with Crippen molar-refractivity contribution in [1.82, 2.24) is 24.5 Å². The minimum atomic E-state index is -5.04. The molecule has 1 aromatic heterocycles. The fraction of sp³-hybridized carbons (Fsp3) is 0.500. The van der Waals surface area contributed by atoms with Crippen LogP contribution >= 0.6 is 24.8 Å². The van der Waals surface area contributed by atoms with E-state index in [-0.39, 0.29) is 37.4 Å². The number of carbonyl (C=O) groups excluding carboxylic acids is 1. The number of benzene rings is 2. The average molecular weight is 711 g/mol. The summed E-state index contributed by atoms with van der Waals surface area (Å²) in [5.74, 6) is -0.851. The van der Waals surface area contributed by atoms with E-state index in [0.29, 0.717) is 38.2 Å². The number of hydrogen-bond donors (Lipinski definition) is 0. The highest BCUT2D eigenvalue weighted by molar-refractivity contribution is 5.95. The first kappa shape index (κ1) is 38.6. The maximum Gasteiger partial charge on any atom is 0.416 e. The van der Waals surface area contributed by atoms with E-state index >= 15 is 0 Å². The molecule has 2 saturated heterocycles. The van der Waals surface area contributed by atoms with E-state index in [1.807, 2.05) is 42.9 Å². The Balaban J connectivity index is 0.00000300. The standard InChI is InChI=1S/C32H37F6N5O2.2ClH/c1-22-3-4-24(13-23(22)2)14-29-21-41(19-25-18-39-42(20-25)7-5-40-9-11-45-12-10-40)6-8-43(29)30(44)26-15-27(31(33,34)35)17-28(16-26)32(36,37)38;;/h3-4,13,15-18,20,29H,5-12,14,19,21H2,1-2H3;2*1H/t29-;;/m1../s1. The molecule has 2 aliphatic rings. The molecule has 2 fully saturated rings. The van der Waals surface area contributed by atoms with Crippen molar-refractivity contribution in [3.63, 3.8) is 0 Å². The minimum absolute atomic E-state index is 0. The number of amides is 1. The highest BCUT2D eigenvalue weighted by Crippen LogP contribution is 2.37. The molecule has 0 bridgehead atoms. The number of hydrogen-bond acceptors (Lipinski definition) is 5. The average Bonchev–Trinajstić information content (AvgIpc) is 3.44. The predicted molar refractivity (Wildman–Crippen MR) is 170 cm³/mol. The highest BCUT2D eigenvalue weighted by atomic mass is 35.5. The first-order valence-electron chi connectivity index (χ1n) is 15.0. The topological polar surface area (TPSA) is 53.8 Å². The molecule has 2 aromatic carbocycles. The summed E-state index contributed by atoms with van der Waals surface area (Å²) in [7, 11) is 0. The van der Waals surface area contributed by atoms with Gasteiger partial charge in [-0.05, 0) is 55.2 Å². The number of halogens is 8. The van der Waals surface area contributed by atoms with Gasteiger partial charge in [-0.2, -0.15) is 31.4 Å². The summed E-state index contributed by atoms with van der Waals surface area (Å²) in [5, 5.41) is 4.49. The van der Waals surface area contributed by atoms with E-state index in [2.05, 4.69) is 14.9 Å². The Kier molecular flexibility index (Phi) is 13.2. The Morgan fingerprint density at radius 1 is 0.830 bits per heavy atom. The lowest BCUT2D eigenvalue weighted by atomic mass is 9.97. The van der Waals surface area contributed by atoms with Gasteiger partial charge < -0.3 is 9.64 Å². The molecular formula is C32H39Cl2F6N5O2. The lowest BCUT2D eigenvalue weighted by Gasteiger charge is -2.42. The van der Waals surface area contributed by atoms with E-state index in [9.17, 15) is 31.1 Å². The Labute approximate surface area is 282 Å². The predicted octanol–water partition coefficient (Wildman–Crippen LogP) is 6.28. The largest absolute Gasteiger partial charge is 0.416 e. The quantitative estimate of drug-likeness (QED) is 0.258. The van der Waals surface area contributed by atoms with Gasteiger partial charge in [0.2, 0.25) is 0 Å². The number of nitrogens with zero attached hydrogens (tertiary/aromatic N) is 5. The van der Waals surface area contributed by atoms with Gasteiger partial charge in [0.05, 0.1) is 37.1 Å². The summed E-state index contributed by atoms with van der Waals surface area (Å²) >= 11 is 0. The van der Waals surface area contributed by atoms with Crippen molar-refractivity contribution in [3.05, 3.63) is 87.7 Å². The van der Waals surface area contributed by atoms with Gasteiger partial charge in [-0.25, -0.2) is 0 Å². The Hall–Kier alpha value is -2.84. The molecule has 3 heterocycles. The number of carbonyl (C=O) groups is 1. The van der Waals surface area contributed by atoms with Crippen molar-refractivity contribution in [2.24, 2.45) is 0 Å². The van der Waals surface area contributed by atoms with E-state index in [1.165, 1.54) is 4.90 Å². The summed E-state index contributed by atoms with van der Waals surface area (Å²) in [6, 6.07) is 6.50. The van der Waals surface area contributed by atoms with Gasteiger partial charge in [0.25, 0.3) is 5.91 Å². The summed E-state index contributed by atoms with van der Waals surface area (Å²) in [4.78, 5) is 19.6. The summed E-state index contributed by atoms with van der Waals surface area (Å²) in [6.45, 7) is 10.2. The molecule has 0 saturated carbocycles. The van der Waals surface area contributed by atoms with Crippen LogP contribution in [-0.2, 0) is 36.6 Å². The van der Waals surface area contributed by atoms with Gasteiger partial charge in [-0.15, -0.1) is 24.8 Å². The summed E-state index contributed by atoms with van der Waals surface area (Å²) in [5.41, 5.74) is 0.415. The van der Waals surface area contributed by atoms with Crippen LogP contribution in [0.15, 0.2) is 48.8 Å². The molecule has 0 aliphatic carbocycles. The number of aromatic nitrogens is 2. The highest BCUT2D eigenvalue weighted by Gasteiger charge is 2.39. The second-order valence-electron chi connectivity index (χ2n) is 11.9. The van der Waals surface area contributed by atoms with Crippen LogP contribution in [0, 0.1) is 13.8 Å². The monoisotopic (exact) mass is 709 g/mol. The molecule has 3 aromatic rings. The van der Waals surface area contributed by atoms with Crippen LogP contribution in [0.2, 0.25) is 0 Å². The lowest BCUT2D eigenvalue weighted by molar-refractivity contribution is -0.143. The van der Waals surface area contributed by atoms with Crippen LogP contribution in [0.5, 0.6) is 0 Å². The SMILES string of the molecule is Cc1ccc(C[C@@H]2CN(Cc3cnn(CCN4CCOCC4)c3)CCN2C(=O)c2cc(C(F)(F)F)cc(C(F)(F)F)c2)cc1C.Cl.Cl. The van der Waals surface area contributed by atoms with E-state index < -0.39 is 41.0 Å². The third-order valence-electron chi connectivity index (χ3n) is 8.55. The summed E-state index contributed by atoms with van der Waals surface area (Å²) in [6.07, 6.45) is -5.90. The van der Waals surface area contributed by atoms with Gasteiger partial charge in [-0.1, -0.05) is 18.2 Å². The van der Waals surface area contributed by atoms with Crippen molar-refractivity contribution >= 4 is 30.7 Å². The van der Waals surface area contributed by atoms with Crippen LogP contribution in [0.4, 0.5) is 26.3 Å². The molecule has 260 valence electrons. The van der Waals surface area contributed by atoms with Crippen molar-refractivity contribution in [2.45, 2.75) is 51.8 Å². The second-order valence-corrected chi connectivity index (χ2v) is 11.9. The van der Waals surface area contributed by atoms with Crippen molar-refractivity contribution in [1.29, 1.82) is 0 Å². The zero-order chi connectivity index (χ0) is 32.4. The lowest BCUT2D eigenvalue weighted by Crippen LogP contribution is -2.55. The molecule has 2 aliphatic heterocycles. The molecule has 0 unspecified atom stereocenters. The fourth-order valence-electron chi connectivity index (χ4n) is 5.89. The minimum Gasteiger partial charge on any atom is -0.379 e. The van der Waals surface area contributed by atoms with Crippen molar-refractivity contribution in [3.8, 4) is 0 Å². The van der Waals surface area contributed by atoms with Gasteiger partial charge in [0.15, 0.2) is 0 Å². The zero-order valence-electron chi connectivity index (χ0n) is 26.1. The number of alkyl halides is 6. The Morgan fingerprint density at radius 2 is 1.49 bits per heavy atom. The molecule has 15 heteroatoms. The molecule has 1 amide bonds. The van der Waals surface area contributed by atoms with Crippen LogP contribution in [0.1, 0.15) is 43.7 Å². The normalized spacial score (nSPS) is 18.0. The maximum absolute atomic E-state index is 13.7. The molecule has 0 spiro atoms. The Bertz CT molecular complexity index is 1460. The molecule has 47 heavy (non-hydrogen) atoms. The first-order valence-corrected chi connectivity index (χ1v) is 15.0. The van der Waals surface area contributed by atoms with E-state index in [4.69, 9.17) is 4.74 Å². The van der Waals surface area contributed by atoms with E-state index in [1.54, 1.807) is 6.20 Å². The number of aryl methyl sites for hydroxylation is 2. The summed E-state index contributed by atoms with van der Waals surface area (Å²) < 4.78 is 88.7. The second kappa shape index (κ2) is 16.0. The number of ether oxygens (including phenoxy) is 1. The number of morpholine rings is 1. The third kappa shape index (κ3) is 10.1. The van der Waals surface area contributed by atoms with Gasteiger partial charge in [0, 0.05) is 69.2 Å². The Morgan fingerprint density at radius 3 is 2.11 bits per heavy atom. The first-order chi connectivity index (χ1) is 21.3. The van der Waals surface area contributed by atoms with Crippen LogP contribution in [0.3, 0.4) is 0 Å².